The van der Waals surface area contributed by atoms with Crippen LogP contribution in [0.1, 0.15) is 44.2 Å². The molecule has 4 heteroatoms. The van der Waals surface area contributed by atoms with Gasteiger partial charge in [0, 0.05) is 18.8 Å². The van der Waals surface area contributed by atoms with Gasteiger partial charge in [-0.1, -0.05) is 38.1 Å². The molecule has 118 valence electrons. The zero-order chi connectivity index (χ0) is 15.5. The van der Waals surface area contributed by atoms with E-state index in [1.165, 1.54) is 31.1 Å². The van der Waals surface area contributed by atoms with Gasteiger partial charge >= 0.3 is 0 Å². The standard InChI is InChI=1S/C17H27NO2S/c1-13-4-9-17(10-14(13)2)18-11-15-5-7-16(8-6-15)12-21(3,19)20/h5-8,13-14,17-18H,4,9-12H2,1-3H3/t13-,14-,17+/m1/s1. The molecular weight excluding hydrogens is 282 g/mol. The topological polar surface area (TPSA) is 46.2 Å². The van der Waals surface area contributed by atoms with Gasteiger partial charge in [-0.15, -0.1) is 0 Å². The van der Waals surface area contributed by atoms with Crippen molar-refractivity contribution < 1.29 is 8.42 Å². The molecule has 1 aromatic rings. The lowest BCUT2D eigenvalue weighted by Gasteiger charge is -2.32. The average molecular weight is 309 g/mol. The second-order valence-electron chi connectivity index (χ2n) is 6.73. The zero-order valence-electron chi connectivity index (χ0n) is 13.3. The van der Waals surface area contributed by atoms with Crippen LogP contribution >= 0.6 is 0 Å². The highest BCUT2D eigenvalue weighted by atomic mass is 32.2. The van der Waals surface area contributed by atoms with Crippen LogP contribution in [0.3, 0.4) is 0 Å². The average Bonchev–Trinajstić information content (AvgIpc) is 2.40. The Morgan fingerprint density at radius 3 is 2.24 bits per heavy atom. The van der Waals surface area contributed by atoms with Crippen LogP contribution in [-0.2, 0) is 22.1 Å². The molecule has 0 heterocycles. The van der Waals surface area contributed by atoms with Gasteiger partial charge in [0.05, 0.1) is 5.75 Å². The van der Waals surface area contributed by atoms with E-state index in [9.17, 15) is 8.42 Å². The van der Waals surface area contributed by atoms with E-state index in [1.807, 2.05) is 24.3 Å². The predicted molar refractivity (Wildman–Crippen MR) is 87.8 cm³/mol. The Hall–Kier alpha value is -0.870. The lowest BCUT2D eigenvalue weighted by atomic mass is 9.79. The van der Waals surface area contributed by atoms with Crippen molar-refractivity contribution in [2.75, 3.05) is 6.26 Å². The molecule has 3 atom stereocenters. The predicted octanol–water partition coefficient (Wildman–Crippen LogP) is 3.15. The molecule has 0 bridgehead atoms. The number of rotatable bonds is 5. The summed E-state index contributed by atoms with van der Waals surface area (Å²) >= 11 is 0. The van der Waals surface area contributed by atoms with E-state index in [1.54, 1.807) is 0 Å². The minimum absolute atomic E-state index is 0.124. The van der Waals surface area contributed by atoms with Gasteiger partial charge in [0.1, 0.15) is 0 Å². The Kier molecular flexibility index (Phi) is 5.44. The van der Waals surface area contributed by atoms with Gasteiger partial charge in [-0.25, -0.2) is 8.42 Å². The van der Waals surface area contributed by atoms with Crippen LogP contribution in [0.2, 0.25) is 0 Å². The molecule has 0 radical (unpaired) electrons. The van der Waals surface area contributed by atoms with Crippen molar-refractivity contribution in [1.82, 2.24) is 5.32 Å². The Bertz CT molecular complexity index is 551. The van der Waals surface area contributed by atoms with Crippen molar-refractivity contribution in [2.24, 2.45) is 11.8 Å². The normalized spacial score (nSPS) is 26.7. The maximum absolute atomic E-state index is 11.3. The van der Waals surface area contributed by atoms with Gasteiger partial charge in [-0.2, -0.15) is 0 Å². The smallest absolute Gasteiger partial charge is 0.151 e. The fourth-order valence-corrected chi connectivity index (χ4v) is 3.85. The number of benzene rings is 1. The zero-order valence-corrected chi connectivity index (χ0v) is 14.1. The van der Waals surface area contributed by atoms with E-state index >= 15 is 0 Å². The molecule has 0 amide bonds. The fourth-order valence-electron chi connectivity index (χ4n) is 3.05. The van der Waals surface area contributed by atoms with Gasteiger partial charge in [0.25, 0.3) is 0 Å². The van der Waals surface area contributed by atoms with Gasteiger partial charge < -0.3 is 5.32 Å². The Balaban J connectivity index is 1.84. The minimum atomic E-state index is -2.95. The molecule has 1 aliphatic rings. The molecule has 21 heavy (non-hydrogen) atoms. The number of hydrogen-bond acceptors (Lipinski definition) is 3. The maximum Gasteiger partial charge on any atom is 0.151 e. The minimum Gasteiger partial charge on any atom is -0.310 e. The van der Waals surface area contributed by atoms with E-state index in [0.29, 0.717) is 6.04 Å². The van der Waals surface area contributed by atoms with E-state index in [2.05, 4.69) is 19.2 Å². The molecule has 0 unspecified atom stereocenters. The highest BCUT2D eigenvalue weighted by Gasteiger charge is 2.23. The number of sulfone groups is 1. The van der Waals surface area contributed by atoms with E-state index in [4.69, 9.17) is 0 Å². The summed E-state index contributed by atoms with van der Waals surface area (Å²) in [6, 6.07) is 8.52. The van der Waals surface area contributed by atoms with Gasteiger partial charge in [-0.05, 0) is 42.2 Å². The van der Waals surface area contributed by atoms with Crippen LogP contribution in [0.5, 0.6) is 0 Å². The Morgan fingerprint density at radius 2 is 1.67 bits per heavy atom. The van der Waals surface area contributed by atoms with Crippen LogP contribution in [0.15, 0.2) is 24.3 Å². The van der Waals surface area contributed by atoms with Crippen LogP contribution in [0, 0.1) is 11.8 Å². The van der Waals surface area contributed by atoms with Crippen molar-refractivity contribution in [3.63, 3.8) is 0 Å². The first-order valence-electron chi connectivity index (χ1n) is 7.82. The van der Waals surface area contributed by atoms with Crippen LogP contribution in [-0.4, -0.2) is 20.7 Å². The molecule has 3 nitrogen and oxygen atoms in total. The summed E-state index contributed by atoms with van der Waals surface area (Å²) in [4.78, 5) is 0. The van der Waals surface area contributed by atoms with Crippen molar-refractivity contribution >= 4 is 9.84 Å². The summed E-state index contributed by atoms with van der Waals surface area (Å²) in [6.07, 6.45) is 5.10. The van der Waals surface area contributed by atoms with Crippen molar-refractivity contribution in [1.29, 1.82) is 0 Å². The van der Waals surface area contributed by atoms with Crippen LogP contribution in [0.25, 0.3) is 0 Å². The summed E-state index contributed by atoms with van der Waals surface area (Å²) in [5, 5.41) is 3.64. The monoisotopic (exact) mass is 309 g/mol. The van der Waals surface area contributed by atoms with E-state index in [0.717, 1.165) is 23.9 Å². The molecule has 0 aromatic heterocycles. The van der Waals surface area contributed by atoms with Gasteiger partial charge in [-0.3, -0.25) is 0 Å². The molecule has 1 N–H and O–H groups in total. The lowest BCUT2D eigenvalue weighted by molar-refractivity contribution is 0.225. The summed E-state index contributed by atoms with van der Waals surface area (Å²) < 4.78 is 22.5. The van der Waals surface area contributed by atoms with E-state index < -0.39 is 9.84 Å². The molecular formula is C17H27NO2S. The first kappa shape index (κ1) is 16.5. The first-order chi connectivity index (χ1) is 9.83. The van der Waals surface area contributed by atoms with Crippen molar-refractivity contribution in [3.05, 3.63) is 35.4 Å². The molecule has 2 rings (SSSR count). The molecule has 1 aliphatic carbocycles. The molecule has 0 spiro atoms. The molecule has 0 saturated heterocycles. The fraction of sp³-hybridized carbons (Fsp3) is 0.647. The largest absolute Gasteiger partial charge is 0.310 e. The summed E-state index contributed by atoms with van der Waals surface area (Å²) in [7, 11) is -2.95. The lowest BCUT2D eigenvalue weighted by Crippen LogP contribution is -2.35. The third kappa shape index (κ3) is 5.44. The van der Waals surface area contributed by atoms with Crippen LogP contribution in [0.4, 0.5) is 0 Å². The number of nitrogens with one attached hydrogen (secondary N) is 1. The molecule has 1 fully saturated rings. The third-order valence-corrected chi connectivity index (χ3v) is 5.50. The number of hydrogen-bond donors (Lipinski definition) is 1. The Labute approximate surface area is 129 Å². The quantitative estimate of drug-likeness (QED) is 0.909. The highest BCUT2D eigenvalue weighted by molar-refractivity contribution is 7.89. The highest BCUT2D eigenvalue weighted by Crippen LogP contribution is 2.29. The first-order valence-corrected chi connectivity index (χ1v) is 9.88. The van der Waals surface area contributed by atoms with Gasteiger partial charge in [0.15, 0.2) is 9.84 Å². The Morgan fingerprint density at radius 1 is 1.05 bits per heavy atom. The van der Waals surface area contributed by atoms with E-state index in [-0.39, 0.29) is 5.75 Å². The third-order valence-electron chi connectivity index (χ3n) is 4.64. The molecule has 1 saturated carbocycles. The summed E-state index contributed by atoms with van der Waals surface area (Å²) in [6.45, 7) is 5.56. The summed E-state index contributed by atoms with van der Waals surface area (Å²) in [5.74, 6) is 1.77. The maximum atomic E-state index is 11.3. The van der Waals surface area contributed by atoms with Crippen LogP contribution < -0.4 is 5.32 Å². The second kappa shape index (κ2) is 6.93. The van der Waals surface area contributed by atoms with Crippen molar-refractivity contribution in [3.8, 4) is 0 Å². The molecule has 1 aromatic carbocycles. The second-order valence-corrected chi connectivity index (χ2v) is 8.87. The summed E-state index contributed by atoms with van der Waals surface area (Å²) in [5.41, 5.74) is 2.08. The SMILES string of the molecule is C[C@@H]1CC[C@H](NCc2ccc(CS(C)(=O)=O)cc2)C[C@H]1C. The van der Waals surface area contributed by atoms with Crippen molar-refractivity contribution in [2.45, 2.75) is 51.4 Å². The van der Waals surface area contributed by atoms with Gasteiger partial charge in [0.2, 0.25) is 0 Å². The molecule has 0 aliphatic heterocycles.